The molecule has 0 bridgehead atoms. The second-order valence-corrected chi connectivity index (χ2v) is 11.6. The summed E-state index contributed by atoms with van der Waals surface area (Å²) in [5, 5.41) is 0.588. The van der Waals surface area contributed by atoms with Crippen LogP contribution in [0.5, 0.6) is 5.75 Å². The van der Waals surface area contributed by atoms with Crippen LogP contribution < -0.4 is 14.5 Å². The Balaban J connectivity index is 1.37. The summed E-state index contributed by atoms with van der Waals surface area (Å²) < 4.78 is 36.0. The lowest BCUT2D eigenvalue weighted by Crippen LogP contribution is -2.48. The molecule has 2 heterocycles. The minimum Gasteiger partial charge on any atom is -0.495 e. The van der Waals surface area contributed by atoms with Crippen molar-refractivity contribution in [3.8, 4) is 5.75 Å². The number of piperazine rings is 1. The van der Waals surface area contributed by atoms with Crippen molar-refractivity contribution in [3.05, 3.63) is 87.0 Å². The molecule has 0 saturated carbocycles. The topological polar surface area (TPSA) is 71.8 Å². The smallest absolute Gasteiger partial charge is 0.308 e. The zero-order valence-electron chi connectivity index (χ0n) is 19.1. The number of sulfonamides is 1. The van der Waals surface area contributed by atoms with E-state index >= 15 is 0 Å². The summed E-state index contributed by atoms with van der Waals surface area (Å²) in [7, 11) is -2.06. The fraction of sp³-hybridized carbons (Fsp3) is 0.240. The maximum atomic E-state index is 13.4. The molecule has 0 amide bonds. The Morgan fingerprint density at radius 1 is 0.971 bits per heavy atom. The number of methoxy groups -OCH3 is 1. The highest BCUT2D eigenvalue weighted by atomic mass is 35.5. The van der Waals surface area contributed by atoms with Crippen molar-refractivity contribution in [2.24, 2.45) is 0 Å². The third-order valence-electron chi connectivity index (χ3n) is 6.23. The van der Waals surface area contributed by atoms with Gasteiger partial charge in [0.2, 0.25) is 10.0 Å². The third-order valence-corrected chi connectivity index (χ3v) is 9.43. The van der Waals surface area contributed by atoms with E-state index < -0.39 is 10.0 Å². The largest absolute Gasteiger partial charge is 0.495 e. The monoisotopic (exact) mass is 529 g/mol. The lowest BCUT2D eigenvalue weighted by atomic mass is 10.2. The van der Waals surface area contributed by atoms with Gasteiger partial charge in [-0.3, -0.25) is 9.36 Å². The van der Waals surface area contributed by atoms with Gasteiger partial charge in [-0.2, -0.15) is 4.31 Å². The van der Waals surface area contributed by atoms with Crippen LogP contribution in [0.3, 0.4) is 0 Å². The SMILES string of the molecule is COc1ccccc1N1CCN(S(=O)(=O)c2ccc3c(c2)sc(=O)n3Cc2ccccc2Cl)CC1. The zero-order valence-corrected chi connectivity index (χ0v) is 21.4. The lowest BCUT2D eigenvalue weighted by Gasteiger charge is -2.35. The van der Waals surface area contributed by atoms with Crippen molar-refractivity contribution in [1.82, 2.24) is 8.87 Å². The van der Waals surface area contributed by atoms with Crippen molar-refractivity contribution >= 4 is 48.9 Å². The molecule has 182 valence electrons. The molecule has 0 aliphatic carbocycles. The van der Waals surface area contributed by atoms with Gasteiger partial charge in [0.25, 0.3) is 0 Å². The number of nitrogens with zero attached hydrogens (tertiary/aromatic N) is 3. The van der Waals surface area contributed by atoms with Gasteiger partial charge >= 0.3 is 4.87 Å². The molecule has 35 heavy (non-hydrogen) atoms. The fourth-order valence-electron chi connectivity index (χ4n) is 4.36. The minimum absolute atomic E-state index is 0.153. The van der Waals surface area contributed by atoms with Gasteiger partial charge in [0, 0.05) is 31.2 Å². The van der Waals surface area contributed by atoms with Gasteiger partial charge in [-0.1, -0.05) is 53.3 Å². The van der Waals surface area contributed by atoms with E-state index in [9.17, 15) is 13.2 Å². The van der Waals surface area contributed by atoms with Crippen LogP contribution in [0.1, 0.15) is 5.56 Å². The molecule has 5 rings (SSSR count). The first-order chi connectivity index (χ1) is 16.9. The van der Waals surface area contributed by atoms with E-state index in [-0.39, 0.29) is 9.77 Å². The molecule has 10 heteroatoms. The Morgan fingerprint density at radius 3 is 2.43 bits per heavy atom. The Bertz CT molecular complexity index is 1540. The number of para-hydroxylation sites is 2. The lowest BCUT2D eigenvalue weighted by molar-refractivity contribution is 0.378. The number of fused-ring (bicyclic) bond motifs is 1. The molecular weight excluding hydrogens is 506 g/mol. The number of rotatable bonds is 6. The average Bonchev–Trinajstić information content (AvgIpc) is 3.19. The minimum atomic E-state index is -3.69. The van der Waals surface area contributed by atoms with E-state index in [1.54, 1.807) is 35.9 Å². The van der Waals surface area contributed by atoms with Gasteiger partial charge in [-0.25, -0.2) is 8.42 Å². The van der Waals surface area contributed by atoms with E-state index in [2.05, 4.69) is 4.90 Å². The van der Waals surface area contributed by atoms with Gasteiger partial charge in [0.1, 0.15) is 5.75 Å². The third kappa shape index (κ3) is 4.56. The highest BCUT2D eigenvalue weighted by molar-refractivity contribution is 7.89. The summed E-state index contributed by atoms with van der Waals surface area (Å²) in [6.45, 7) is 2.17. The van der Waals surface area contributed by atoms with Crippen LogP contribution in [0.4, 0.5) is 5.69 Å². The predicted octanol–water partition coefficient (Wildman–Crippen LogP) is 4.28. The summed E-state index contributed by atoms with van der Waals surface area (Å²) >= 11 is 7.32. The molecule has 3 aromatic carbocycles. The maximum Gasteiger partial charge on any atom is 0.308 e. The molecule has 1 aromatic heterocycles. The zero-order chi connectivity index (χ0) is 24.6. The Morgan fingerprint density at radius 2 is 1.69 bits per heavy atom. The summed E-state index contributed by atoms with van der Waals surface area (Å²) in [5.74, 6) is 0.769. The molecule has 0 unspecified atom stereocenters. The number of halogens is 1. The van der Waals surface area contributed by atoms with E-state index in [1.165, 1.54) is 4.31 Å². The average molecular weight is 530 g/mol. The number of benzene rings is 3. The number of anilines is 1. The van der Waals surface area contributed by atoms with Gasteiger partial charge in [0.05, 0.1) is 34.5 Å². The molecule has 0 atom stereocenters. The molecule has 0 radical (unpaired) electrons. The Labute approximate surface area is 212 Å². The predicted molar refractivity (Wildman–Crippen MR) is 141 cm³/mol. The van der Waals surface area contributed by atoms with Gasteiger partial charge in [-0.05, 0) is 42.0 Å². The molecule has 1 aliphatic heterocycles. The Kier molecular flexibility index (Phi) is 6.59. The number of ether oxygens (including phenoxy) is 1. The van der Waals surface area contributed by atoms with Crippen molar-refractivity contribution in [1.29, 1.82) is 0 Å². The summed E-state index contributed by atoms with van der Waals surface area (Å²) in [6.07, 6.45) is 0. The summed E-state index contributed by atoms with van der Waals surface area (Å²) in [5.41, 5.74) is 2.48. The molecule has 1 saturated heterocycles. The second-order valence-electron chi connectivity index (χ2n) is 8.24. The second kappa shape index (κ2) is 9.66. The van der Waals surface area contributed by atoms with E-state index in [0.717, 1.165) is 28.3 Å². The van der Waals surface area contributed by atoms with E-state index in [1.807, 2.05) is 42.5 Å². The molecule has 0 spiro atoms. The van der Waals surface area contributed by atoms with Crippen molar-refractivity contribution in [2.45, 2.75) is 11.4 Å². The molecule has 0 N–H and O–H groups in total. The fourth-order valence-corrected chi connectivity index (χ4v) is 7.01. The normalized spacial score (nSPS) is 15.0. The van der Waals surface area contributed by atoms with Crippen molar-refractivity contribution in [2.75, 3.05) is 38.2 Å². The summed E-state index contributed by atoms with van der Waals surface area (Å²) in [4.78, 5) is 14.9. The van der Waals surface area contributed by atoms with E-state index in [4.69, 9.17) is 16.3 Å². The van der Waals surface area contributed by atoms with Crippen LogP contribution in [-0.2, 0) is 16.6 Å². The number of thiazole rings is 1. The highest BCUT2D eigenvalue weighted by Gasteiger charge is 2.30. The first-order valence-electron chi connectivity index (χ1n) is 11.1. The van der Waals surface area contributed by atoms with Gasteiger partial charge < -0.3 is 9.64 Å². The molecular formula is C25H24ClN3O4S2. The first kappa shape index (κ1) is 23.9. The molecule has 1 aliphatic rings. The number of hydrogen-bond donors (Lipinski definition) is 0. The van der Waals surface area contributed by atoms with Crippen LogP contribution in [0.15, 0.2) is 76.4 Å². The van der Waals surface area contributed by atoms with Crippen LogP contribution in [-0.4, -0.2) is 50.6 Å². The van der Waals surface area contributed by atoms with Crippen molar-refractivity contribution < 1.29 is 13.2 Å². The summed E-state index contributed by atoms with van der Waals surface area (Å²) in [6, 6.07) is 20.0. The van der Waals surface area contributed by atoms with Crippen LogP contribution in [0.25, 0.3) is 10.2 Å². The standard InChI is InChI=1S/C25H24ClN3O4S2/c1-33-23-9-5-4-8-21(23)27-12-14-28(15-13-27)35(31,32)19-10-11-22-24(16-19)34-25(30)29(22)17-18-6-2-3-7-20(18)26/h2-11,16H,12-15,17H2,1H3. The van der Waals surface area contributed by atoms with Crippen molar-refractivity contribution in [3.63, 3.8) is 0 Å². The quantitative estimate of drug-likeness (QED) is 0.373. The van der Waals surface area contributed by atoms with Crippen LogP contribution in [0.2, 0.25) is 5.02 Å². The number of aromatic nitrogens is 1. The van der Waals surface area contributed by atoms with Gasteiger partial charge in [0.15, 0.2) is 0 Å². The van der Waals surface area contributed by atoms with Crippen LogP contribution >= 0.6 is 22.9 Å². The number of hydrogen-bond acceptors (Lipinski definition) is 6. The maximum absolute atomic E-state index is 13.4. The van der Waals surface area contributed by atoms with E-state index in [0.29, 0.717) is 48.0 Å². The molecule has 7 nitrogen and oxygen atoms in total. The highest BCUT2D eigenvalue weighted by Crippen LogP contribution is 2.30. The molecule has 4 aromatic rings. The first-order valence-corrected chi connectivity index (χ1v) is 13.8. The Hall–Kier alpha value is -2.85. The molecule has 1 fully saturated rings. The van der Waals surface area contributed by atoms with Crippen LogP contribution in [0, 0.1) is 0 Å². The van der Waals surface area contributed by atoms with Gasteiger partial charge in [-0.15, -0.1) is 0 Å².